The molecule has 1 heterocycles. The van der Waals surface area contributed by atoms with E-state index < -0.39 is 12.0 Å². The summed E-state index contributed by atoms with van der Waals surface area (Å²) in [5, 5.41) is 7.87. The van der Waals surface area contributed by atoms with Gasteiger partial charge in [0.05, 0.1) is 6.17 Å². The zero-order valence-electron chi connectivity index (χ0n) is 11.1. The molecule has 0 aromatic rings. The summed E-state index contributed by atoms with van der Waals surface area (Å²) in [6.45, 7) is 6.81. The summed E-state index contributed by atoms with van der Waals surface area (Å²) in [7, 11) is 0. The van der Waals surface area contributed by atoms with Gasteiger partial charge in [-0.1, -0.05) is 0 Å². The van der Waals surface area contributed by atoms with Gasteiger partial charge in [0.25, 0.3) is 0 Å². The van der Waals surface area contributed by atoms with Crippen LogP contribution in [-0.4, -0.2) is 59.3 Å². The Morgan fingerprint density at radius 1 is 1.28 bits per heavy atom. The molecule has 7 heteroatoms. The van der Waals surface area contributed by atoms with Crippen LogP contribution in [0.5, 0.6) is 0 Å². The second kappa shape index (κ2) is 8.73. The minimum atomic E-state index is -0.963. The molecule has 1 atom stereocenters. The van der Waals surface area contributed by atoms with Crippen LogP contribution in [-0.2, 0) is 4.79 Å². The number of hydrogen-bond acceptors (Lipinski definition) is 6. The lowest BCUT2D eigenvalue weighted by atomic mass is 10.4. The van der Waals surface area contributed by atoms with Gasteiger partial charge in [0.15, 0.2) is 0 Å². The molecule has 0 amide bonds. The largest absolute Gasteiger partial charge is 0.480 e. The number of hydrogen-bond donors (Lipinski definition) is 4. The monoisotopic (exact) mass is 259 g/mol. The van der Waals surface area contributed by atoms with Crippen molar-refractivity contribution in [1.29, 1.82) is 0 Å². The molecule has 1 rings (SSSR count). The van der Waals surface area contributed by atoms with Gasteiger partial charge in [-0.25, -0.2) is 0 Å². The Morgan fingerprint density at radius 3 is 1.83 bits per heavy atom. The Hall–Kier alpha value is -1.31. The summed E-state index contributed by atoms with van der Waals surface area (Å²) in [6.07, 6.45) is 4.57. The average molecular weight is 259 g/mol. The number of nitrogens with two attached hydrogens (primary N) is 3. The van der Waals surface area contributed by atoms with Crippen molar-refractivity contribution < 1.29 is 9.90 Å². The first-order valence-electron chi connectivity index (χ1n) is 6.02. The SMILES string of the molecule is CC1N(CCN)C=CN1CCN.C[C@H](N)C(=O)O. The number of rotatable bonds is 5. The lowest BCUT2D eigenvalue weighted by Gasteiger charge is -2.29. The third-order valence-corrected chi connectivity index (χ3v) is 2.57. The minimum absolute atomic E-state index is 0.414. The standard InChI is InChI=1S/C8H18N4.C3H7NO2/c1-8-11(4-2-9)6-7-12(8)5-3-10;1-2(4)3(5)6/h6-8H,2-5,9-10H2,1H3;2H,4H2,1H3,(H,5,6)/t;2-/m.0/s1. The van der Waals surface area contributed by atoms with Crippen LogP contribution < -0.4 is 17.2 Å². The summed E-state index contributed by atoms with van der Waals surface area (Å²) in [5.74, 6) is -0.963. The van der Waals surface area contributed by atoms with Crippen molar-refractivity contribution >= 4 is 5.97 Å². The van der Waals surface area contributed by atoms with Gasteiger partial charge in [-0.05, 0) is 13.8 Å². The molecule has 0 bridgehead atoms. The number of carboxylic acid groups (broad SMARTS) is 1. The lowest BCUT2D eigenvalue weighted by Crippen LogP contribution is -2.40. The molecule has 0 saturated heterocycles. The van der Waals surface area contributed by atoms with Crippen LogP contribution in [0, 0.1) is 0 Å². The Kier molecular flexibility index (Phi) is 8.10. The Morgan fingerprint density at radius 2 is 1.61 bits per heavy atom. The van der Waals surface area contributed by atoms with E-state index in [1.165, 1.54) is 6.92 Å². The molecular weight excluding hydrogens is 234 g/mol. The highest BCUT2D eigenvalue weighted by molar-refractivity contribution is 5.72. The number of nitrogens with zero attached hydrogens (tertiary/aromatic N) is 2. The van der Waals surface area contributed by atoms with E-state index in [2.05, 4.69) is 29.1 Å². The number of carbonyl (C=O) groups is 1. The summed E-state index contributed by atoms with van der Waals surface area (Å²) < 4.78 is 0. The summed E-state index contributed by atoms with van der Waals surface area (Å²) in [6, 6.07) is -0.731. The van der Waals surface area contributed by atoms with E-state index in [0.29, 0.717) is 19.3 Å². The van der Waals surface area contributed by atoms with Gasteiger partial charge in [0.1, 0.15) is 6.04 Å². The van der Waals surface area contributed by atoms with E-state index in [0.717, 1.165) is 13.1 Å². The van der Waals surface area contributed by atoms with Crippen molar-refractivity contribution in [2.45, 2.75) is 26.1 Å². The van der Waals surface area contributed by atoms with Gasteiger partial charge in [0, 0.05) is 38.6 Å². The van der Waals surface area contributed by atoms with Crippen LogP contribution in [0.4, 0.5) is 0 Å². The van der Waals surface area contributed by atoms with Crippen molar-refractivity contribution in [2.24, 2.45) is 17.2 Å². The van der Waals surface area contributed by atoms with Crippen molar-refractivity contribution in [3.63, 3.8) is 0 Å². The van der Waals surface area contributed by atoms with E-state index >= 15 is 0 Å². The molecule has 0 fully saturated rings. The summed E-state index contributed by atoms with van der Waals surface area (Å²) in [4.78, 5) is 14.0. The fraction of sp³-hybridized carbons (Fsp3) is 0.727. The highest BCUT2D eigenvalue weighted by atomic mass is 16.4. The normalized spacial score (nSPS) is 16.5. The van der Waals surface area contributed by atoms with Gasteiger partial charge < -0.3 is 32.1 Å². The maximum Gasteiger partial charge on any atom is 0.320 e. The summed E-state index contributed by atoms with van der Waals surface area (Å²) in [5.41, 5.74) is 15.8. The first-order chi connectivity index (χ1) is 8.43. The van der Waals surface area contributed by atoms with E-state index in [-0.39, 0.29) is 0 Å². The molecule has 1 aliphatic heterocycles. The molecule has 106 valence electrons. The first kappa shape index (κ1) is 16.7. The lowest BCUT2D eigenvalue weighted by molar-refractivity contribution is -0.138. The molecule has 7 N–H and O–H groups in total. The average Bonchev–Trinajstić information content (AvgIpc) is 2.63. The van der Waals surface area contributed by atoms with E-state index in [9.17, 15) is 4.79 Å². The van der Waals surface area contributed by atoms with Gasteiger partial charge in [-0.2, -0.15) is 0 Å². The molecule has 0 aliphatic carbocycles. The van der Waals surface area contributed by atoms with E-state index in [1.54, 1.807) is 0 Å². The van der Waals surface area contributed by atoms with E-state index in [1.807, 2.05) is 0 Å². The second-order valence-electron chi connectivity index (χ2n) is 4.11. The van der Waals surface area contributed by atoms with Crippen LogP contribution in [0.1, 0.15) is 13.8 Å². The molecule has 18 heavy (non-hydrogen) atoms. The van der Waals surface area contributed by atoms with Crippen molar-refractivity contribution in [2.75, 3.05) is 26.2 Å². The van der Waals surface area contributed by atoms with Gasteiger partial charge in [-0.15, -0.1) is 0 Å². The fourth-order valence-corrected chi connectivity index (χ4v) is 1.43. The quantitative estimate of drug-likeness (QED) is 0.487. The Balaban J connectivity index is 0.000000411. The van der Waals surface area contributed by atoms with Crippen molar-refractivity contribution in [1.82, 2.24) is 9.80 Å². The number of carboxylic acids is 1. The molecule has 0 aromatic carbocycles. The first-order valence-corrected chi connectivity index (χ1v) is 6.02. The minimum Gasteiger partial charge on any atom is -0.480 e. The third kappa shape index (κ3) is 5.85. The third-order valence-electron chi connectivity index (χ3n) is 2.57. The van der Waals surface area contributed by atoms with Crippen LogP contribution in [0.15, 0.2) is 12.4 Å². The smallest absolute Gasteiger partial charge is 0.320 e. The van der Waals surface area contributed by atoms with Gasteiger partial charge in [0.2, 0.25) is 0 Å². The molecule has 0 saturated carbocycles. The molecule has 7 nitrogen and oxygen atoms in total. The predicted octanol–water partition coefficient (Wildman–Crippen LogP) is -1.24. The van der Waals surface area contributed by atoms with Crippen molar-refractivity contribution in [3.05, 3.63) is 12.4 Å². The zero-order chi connectivity index (χ0) is 14.1. The van der Waals surface area contributed by atoms with Crippen molar-refractivity contribution in [3.8, 4) is 0 Å². The maximum absolute atomic E-state index is 9.57. The number of aliphatic carboxylic acids is 1. The molecular formula is C11H25N5O2. The highest BCUT2D eigenvalue weighted by Crippen LogP contribution is 2.13. The van der Waals surface area contributed by atoms with Gasteiger partial charge in [-0.3, -0.25) is 4.79 Å². The van der Waals surface area contributed by atoms with Crippen LogP contribution in [0.2, 0.25) is 0 Å². The molecule has 0 aromatic heterocycles. The van der Waals surface area contributed by atoms with E-state index in [4.69, 9.17) is 22.3 Å². The topological polar surface area (TPSA) is 122 Å². The Bertz CT molecular complexity index is 254. The van der Waals surface area contributed by atoms with Gasteiger partial charge >= 0.3 is 5.97 Å². The molecule has 1 aliphatic rings. The van der Waals surface area contributed by atoms with Crippen LogP contribution in [0.25, 0.3) is 0 Å². The highest BCUT2D eigenvalue weighted by Gasteiger charge is 2.19. The predicted molar refractivity (Wildman–Crippen MR) is 71.4 cm³/mol. The van der Waals surface area contributed by atoms with Crippen LogP contribution in [0.3, 0.4) is 0 Å². The maximum atomic E-state index is 9.57. The molecule has 0 radical (unpaired) electrons. The zero-order valence-corrected chi connectivity index (χ0v) is 11.1. The molecule has 0 spiro atoms. The second-order valence-corrected chi connectivity index (χ2v) is 4.11. The summed E-state index contributed by atoms with van der Waals surface area (Å²) >= 11 is 0. The Labute approximate surface area is 108 Å². The fourth-order valence-electron chi connectivity index (χ4n) is 1.43. The molecule has 0 unspecified atom stereocenters. The van der Waals surface area contributed by atoms with Crippen LogP contribution >= 0.6 is 0 Å².